The normalized spacial score (nSPS) is 19.8. The first-order chi connectivity index (χ1) is 16.8. The summed E-state index contributed by atoms with van der Waals surface area (Å²) in [5.41, 5.74) is 2.59. The lowest BCUT2D eigenvalue weighted by molar-refractivity contribution is -0.155. The number of ketones is 1. The molecule has 196 valence electrons. The van der Waals surface area contributed by atoms with Crippen LogP contribution in [0.5, 0.6) is 5.75 Å². The van der Waals surface area contributed by atoms with Crippen molar-refractivity contribution >= 4 is 5.78 Å². The van der Waals surface area contributed by atoms with E-state index in [1.807, 2.05) is 44.2 Å². The zero-order valence-corrected chi connectivity index (χ0v) is 21.8. The van der Waals surface area contributed by atoms with Crippen LogP contribution in [0, 0.1) is 5.92 Å². The van der Waals surface area contributed by atoms with Gasteiger partial charge in [0, 0.05) is 26.1 Å². The van der Waals surface area contributed by atoms with Gasteiger partial charge in [-0.15, -0.1) is 0 Å². The van der Waals surface area contributed by atoms with Crippen LogP contribution in [-0.2, 0) is 30.3 Å². The van der Waals surface area contributed by atoms with E-state index >= 15 is 0 Å². The predicted molar refractivity (Wildman–Crippen MR) is 135 cm³/mol. The Morgan fingerprint density at radius 1 is 1.14 bits per heavy atom. The number of ether oxygens (including phenoxy) is 5. The van der Waals surface area contributed by atoms with Crippen molar-refractivity contribution in [2.75, 3.05) is 34.0 Å². The summed E-state index contributed by atoms with van der Waals surface area (Å²) < 4.78 is 27.8. The van der Waals surface area contributed by atoms with Gasteiger partial charge in [0.05, 0.1) is 39.1 Å². The number of carbonyl (C=O) groups excluding carboxylic acids is 1. The summed E-state index contributed by atoms with van der Waals surface area (Å²) in [6, 6.07) is 7.74. The fourth-order valence-corrected chi connectivity index (χ4v) is 4.00. The number of rotatable bonds is 15. The van der Waals surface area contributed by atoms with Crippen LogP contribution in [-0.4, -0.2) is 63.4 Å². The highest BCUT2D eigenvalue weighted by atomic mass is 16.7. The number of Topliss-reactive ketones (excluding diaryl/α,β-unsaturated/α-hetero) is 1. The molecule has 1 saturated heterocycles. The van der Waals surface area contributed by atoms with Crippen molar-refractivity contribution in [1.29, 1.82) is 0 Å². The summed E-state index contributed by atoms with van der Waals surface area (Å²) in [6.07, 6.45) is 5.46. The van der Waals surface area contributed by atoms with E-state index in [1.54, 1.807) is 27.2 Å². The Bertz CT molecular complexity index is 809. The molecule has 0 aromatic heterocycles. The van der Waals surface area contributed by atoms with Crippen molar-refractivity contribution < 1.29 is 33.6 Å². The summed E-state index contributed by atoms with van der Waals surface area (Å²) in [7, 11) is 3.25. The second-order valence-electron chi connectivity index (χ2n) is 9.04. The number of carbonyl (C=O) groups is 1. The van der Waals surface area contributed by atoms with Crippen LogP contribution in [0.15, 0.2) is 47.6 Å². The highest BCUT2D eigenvalue weighted by Crippen LogP contribution is 2.22. The molecule has 1 N–H and O–H groups in total. The van der Waals surface area contributed by atoms with Gasteiger partial charge in [-0.25, -0.2) is 0 Å². The maximum Gasteiger partial charge on any atom is 0.160 e. The van der Waals surface area contributed by atoms with Crippen molar-refractivity contribution in [1.82, 2.24) is 0 Å². The molecular weight excluding hydrogens is 448 g/mol. The molecule has 4 atom stereocenters. The Balaban J connectivity index is 1.78. The molecule has 1 heterocycles. The van der Waals surface area contributed by atoms with Crippen molar-refractivity contribution in [3.63, 3.8) is 0 Å². The molecule has 1 fully saturated rings. The molecule has 0 bridgehead atoms. The molecular formula is C28H42O7. The minimum Gasteiger partial charge on any atom is -0.497 e. The van der Waals surface area contributed by atoms with Crippen LogP contribution >= 0.6 is 0 Å². The third-order valence-corrected chi connectivity index (χ3v) is 6.38. The van der Waals surface area contributed by atoms with E-state index in [1.165, 1.54) is 0 Å². The Morgan fingerprint density at radius 2 is 1.89 bits per heavy atom. The van der Waals surface area contributed by atoms with E-state index in [4.69, 9.17) is 23.7 Å². The lowest BCUT2D eigenvalue weighted by Gasteiger charge is -2.27. The monoisotopic (exact) mass is 490 g/mol. The number of benzene rings is 1. The number of aliphatic hydroxyl groups excluding tert-OH is 1. The molecule has 0 radical (unpaired) electrons. The molecule has 1 aliphatic heterocycles. The zero-order valence-electron chi connectivity index (χ0n) is 21.8. The van der Waals surface area contributed by atoms with E-state index in [2.05, 4.69) is 0 Å². The molecule has 0 aliphatic carbocycles. The number of aliphatic hydroxyl groups is 1. The molecule has 7 nitrogen and oxygen atoms in total. The van der Waals surface area contributed by atoms with Crippen LogP contribution in [0.2, 0.25) is 0 Å². The first kappa shape index (κ1) is 29.2. The average Bonchev–Trinajstić information content (AvgIpc) is 2.87. The first-order valence-corrected chi connectivity index (χ1v) is 12.4. The van der Waals surface area contributed by atoms with Crippen molar-refractivity contribution in [2.24, 2.45) is 5.92 Å². The maximum atomic E-state index is 12.6. The molecule has 1 aliphatic rings. The maximum absolute atomic E-state index is 12.6. The van der Waals surface area contributed by atoms with Gasteiger partial charge >= 0.3 is 0 Å². The van der Waals surface area contributed by atoms with Crippen molar-refractivity contribution in [2.45, 2.75) is 71.6 Å². The lowest BCUT2D eigenvalue weighted by Crippen LogP contribution is -2.33. The standard InChI is InChI=1S/C28H42O7/c1-20(14-17-35-27-8-6-7-15-34-27)25(29)18-26(30)22(3)28(32-5)21(2)13-16-33-19-23-9-11-24(31-4)12-10-23/h9-14,22,26-28,30H,6-8,15-19H2,1-5H3/b20-14+,21-13+/t22-,26-,27?,28-/m0/s1. The van der Waals surface area contributed by atoms with E-state index in [0.717, 1.165) is 42.8 Å². The molecule has 7 heteroatoms. The van der Waals surface area contributed by atoms with Gasteiger partial charge in [-0.1, -0.05) is 31.2 Å². The van der Waals surface area contributed by atoms with Gasteiger partial charge in [0.25, 0.3) is 0 Å². The molecule has 1 aromatic carbocycles. The van der Waals surface area contributed by atoms with Crippen molar-refractivity contribution in [3.05, 3.63) is 53.1 Å². The summed E-state index contributed by atoms with van der Waals surface area (Å²) >= 11 is 0. The molecule has 2 rings (SSSR count). The van der Waals surface area contributed by atoms with Crippen LogP contribution in [0.1, 0.15) is 52.0 Å². The Hall–Kier alpha value is -2.03. The SMILES string of the molecule is COc1ccc(COC/C=C(\C)[C@H](OC)[C@@H](C)[C@@H](O)CC(=O)/C(C)=C/COC2CCCCO2)cc1. The number of hydrogen-bond donors (Lipinski definition) is 1. The Morgan fingerprint density at radius 3 is 2.51 bits per heavy atom. The second-order valence-corrected chi connectivity index (χ2v) is 9.04. The first-order valence-electron chi connectivity index (χ1n) is 12.4. The van der Waals surface area contributed by atoms with Crippen LogP contribution in [0.4, 0.5) is 0 Å². The van der Waals surface area contributed by atoms with Crippen LogP contribution in [0.3, 0.4) is 0 Å². The molecule has 0 amide bonds. The van der Waals surface area contributed by atoms with Gasteiger partial charge in [0.1, 0.15) is 5.75 Å². The van der Waals surface area contributed by atoms with Gasteiger partial charge in [-0.05, 0) is 62.0 Å². The predicted octanol–water partition coefficient (Wildman–Crippen LogP) is 4.62. The number of hydrogen-bond acceptors (Lipinski definition) is 7. The van der Waals surface area contributed by atoms with Gasteiger partial charge < -0.3 is 28.8 Å². The van der Waals surface area contributed by atoms with Crippen molar-refractivity contribution in [3.8, 4) is 5.75 Å². The molecule has 0 saturated carbocycles. The Labute approximate surface area is 210 Å². The van der Waals surface area contributed by atoms with Gasteiger partial charge in [0.2, 0.25) is 0 Å². The topological polar surface area (TPSA) is 83.5 Å². The van der Waals surface area contributed by atoms with Crippen LogP contribution in [0.25, 0.3) is 0 Å². The minimum atomic E-state index is -0.832. The minimum absolute atomic E-state index is 0.0323. The largest absolute Gasteiger partial charge is 0.497 e. The fraction of sp³-hybridized carbons (Fsp3) is 0.607. The summed E-state index contributed by atoms with van der Waals surface area (Å²) in [4.78, 5) is 12.6. The second kappa shape index (κ2) is 15.9. The molecule has 1 unspecified atom stereocenters. The number of methoxy groups -OCH3 is 2. The zero-order chi connectivity index (χ0) is 25.6. The van der Waals surface area contributed by atoms with E-state index < -0.39 is 6.10 Å². The number of allylic oxidation sites excluding steroid dienone is 1. The third-order valence-electron chi connectivity index (χ3n) is 6.38. The van der Waals surface area contributed by atoms with Gasteiger partial charge in [0.15, 0.2) is 12.1 Å². The van der Waals surface area contributed by atoms with Crippen LogP contribution < -0.4 is 4.74 Å². The van der Waals surface area contributed by atoms with E-state index in [9.17, 15) is 9.90 Å². The van der Waals surface area contributed by atoms with Gasteiger partial charge in [-0.3, -0.25) is 4.79 Å². The quantitative estimate of drug-likeness (QED) is 0.218. The highest BCUT2D eigenvalue weighted by Gasteiger charge is 2.27. The van der Waals surface area contributed by atoms with E-state index in [-0.39, 0.29) is 30.5 Å². The van der Waals surface area contributed by atoms with E-state index in [0.29, 0.717) is 25.4 Å². The van der Waals surface area contributed by atoms with Gasteiger partial charge in [-0.2, -0.15) is 0 Å². The summed E-state index contributed by atoms with van der Waals surface area (Å²) in [5.74, 6) is 0.449. The fourth-order valence-electron chi connectivity index (χ4n) is 4.00. The third kappa shape index (κ3) is 10.2. The summed E-state index contributed by atoms with van der Waals surface area (Å²) in [5, 5.41) is 10.7. The lowest BCUT2D eigenvalue weighted by atomic mass is 9.89. The molecule has 1 aromatic rings. The smallest absolute Gasteiger partial charge is 0.160 e. The average molecular weight is 491 g/mol. The molecule has 35 heavy (non-hydrogen) atoms. The summed E-state index contributed by atoms with van der Waals surface area (Å²) in [6.45, 7) is 7.55. The Kier molecular flexibility index (Phi) is 13.2. The highest BCUT2D eigenvalue weighted by molar-refractivity contribution is 5.95. The molecule has 0 spiro atoms.